The minimum Gasteiger partial charge on any atom is -0.295 e. The molecule has 2 aromatic heterocycles. The van der Waals surface area contributed by atoms with Gasteiger partial charge in [0.15, 0.2) is 0 Å². The maximum atomic E-state index is 12.0. The Balaban J connectivity index is 1.73. The fraction of sp³-hybridized carbons (Fsp3) is 0.455. The summed E-state index contributed by atoms with van der Waals surface area (Å²) in [6.45, 7) is 2.61. The Hall–Kier alpha value is -1.76. The van der Waals surface area contributed by atoms with Gasteiger partial charge in [0.25, 0.3) is 5.91 Å². The summed E-state index contributed by atoms with van der Waals surface area (Å²) in [7, 11) is 0. The van der Waals surface area contributed by atoms with Crippen molar-refractivity contribution in [3.63, 3.8) is 0 Å². The molecule has 0 radical (unpaired) electrons. The molecule has 0 bridgehead atoms. The van der Waals surface area contributed by atoms with Gasteiger partial charge in [-0.3, -0.25) is 14.8 Å². The highest BCUT2D eigenvalue weighted by atomic mass is 32.1. The number of rotatable bonds is 4. The largest absolute Gasteiger partial charge is 0.295 e. The number of aromatic nitrogens is 4. The van der Waals surface area contributed by atoms with Crippen LogP contribution in [0.4, 0.5) is 5.13 Å². The Labute approximate surface area is 108 Å². The van der Waals surface area contributed by atoms with Crippen LogP contribution in [0.5, 0.6) is 0 Å². The first-order valence-corrected chi connectivity index (χ1v) is 6.76. The second kappa shape index (κ2) is 4.49. The molecule has 7 heteroatoms. The first kappa shape index (κ1) is 11.3. The SMILES string of the molecule is CCn1nccc1C(=O)Nc1nnc(C2CC2)s1. The first-order valence-electron chi connectivity index (χ1n) is 5.94. The van der Waals surface area contributed by atoms with E-state index in [1.54, 1.807) is 16.9 Å². The zero-order chi connectivity index (χ0) is 12.5. The average Bonchev–Trinajstić information content (AvgIpc) is 2.93. The van der Waals surface area contributed by atoms with Crippen LogP contribution in [0, 0.1) is 0 Å². The molecule has 94 valence electrons. The number of hydrogen-bond acceptors (Lipinski definition) is 5. The third-order valence-electron chi connectivity index (χ3n) is 2.84. The molecule has 0 saturated heterocycles. The van der Waals surface area contributed by atoms with Crippen LogP contribution in [0.3, 0.4) is 0 Å². The third kappa shape index (κ3) is 2.13. The van der Waals surface area contributed by atoms with Gasteiger partial charge in [-0.2, -0.15) is 5.10 Å². The van der Waals surface area contributed by atoms with E-state index in [1.165, 1.54) is 24.2 Å². The van der Waals surface area contributed by atoms with E-state index >= 15 is 0 Å². The number of carbonyl (C=O) groups is 1. The number of carbonyl (C=O) groups excluding carboxylic acids is 1. The van der Waals surface area contributed by atoms with Crippen molar-refractivity contribution in [1.29, 1.82) is 0 Å². The molecule has 1 N–H and O–H groups in total. The maximum absolute atomic E-state index is 12.0. The molecule has 1 aliphatic rings. The minimum absolute atomic E-state index is 0.187. The van der Waals surface area contributed by atoms with Crippen molar-refractivity contribution in [1.82, 2.24) is 20.0 Å². The van der Waals surface area contributed by atoms with E-state index in [0.717, 1.165) is 5.01 Å². The summed E-state index contributed by atoms with van der Waals surface area (Å²) in [5.41, 5.74) is 0.542. The number of nitrogens with zero attached hydrogens (tertiary/aromatic N) is 4. The van der Waals surface area contributed by atoms with Crippen molar-refractivity contribution in [3.8, 4) is 0 Å². The summed E-state index contributed by atoms with van der Waals surface area (Å²) in [6, 6.07) is 1.70. The van der Waals surface area contributed by atoms with Crippen LogP contribution in [0.15, 0.2) is 12.3 Å². The summed E-state index contributed by atoms with van der Waals surface area (Å²) < 4.78 is 1.65. The van der Waals surface area contributed by atoms with Crippen molar-refractivity contribution < 1.29 is 4.79 Å². The summed E-state index contributed by atoms with van der Waals surface area (Å²) in [5.74, 6) is 0.377. The minimum atomic E-state index is -0.187. The van der Waals surface area contributed by atoms with E-state index in [-0.39, 0.29) is 5.91 Å². The number of nitrogens with one attached hydrogen (secondary N) is 1. The van der Waals surface area contributed by atoms with Crippen molar-refractivity contribution in [2.75, 3.05) is 5.32 Å². The molecule has 2 heterocycles. The highest BCUT2D eigenvalue weighted by Crippen LogP contribution is 2.42. The molecule has 1 amide bonds. The Morgan fingerprint density at radius 2 is 2.39 bits per heavy atom. The smallest absolute Gasteiger partial charge is 0.275 e. The molecule has 6 nitrogen and oxygen atoms in total. The molecule has 18 heavy (non-hydrogen) atoms. The van der Waals surface area contributed by atoms with E-state index < -0.39 is 0 Å². The zero-order valence-electron chi connectivity index (χ0n) is 9.96. The van der Waals surface area contributed by atoms with Gasteiger partial charge in [0.05, 0.1) is 0 Å². The lowest BCUT2D eigenvalue weighted by atomic mass is 10.4. The lowest BCUT2D eigenvalue weighted by Crippen LogP contribution is -2.17. The van der Waals surface area contributed by atoms with Gasteiger partial charge in [0.2, 0.25) is 5.13 Å². The quantitative estimate of drug-likeness (QED) is 0.914. The van der Waals surface area contributed by atoms with Gasteiger partial charge in [0.1, 0.15) is 10.7 Å². The van der Waals surface area contributed by atoms with Crippen LogP contribution in [-0.4, -0.2) is 25.9 Å². The molecule has 3 rings (SSSR count). The molecule has 1 aliphatic carbocycles. The molecule has 2 aromatic rings. The third-order valence-corrected chi connectivity index (χ3v) is 3.84. The van der Waals surface area contributed by atoms with Gasteiger partial charge in [-0.25, -0.2) is 0 Å². The van der Waals surface area contributed by atoms with E-state index in [2.05, 4.69) is 20.6 Å². The molecule has 0 aromatic carbocycles. The van der Waals surface area contributed by atoms with Crippen LogP contribution in [0.1, 0.15) is 41.2 Å². The maximum Gasteiger partial charge on any atom is 0.275 e. The molecular formula is C11H13N5OS. The van der Waals surface area contributed by atoms with Gasteiger partial charge in [-0.15, -0.1) is 10.2 Å². The number of hydrogen-bond donors (Lipinski definition) is 1. The Morgan fingerprint density at radius 1 is 1.56 bits per heavy atom. The first-order chi connectivity index (χ1) is 8.78. The predicted octanol–water partition coefficient (Wildman–Crippen LogP) is 1.88. The van der Waals surface area contributed by atoms with Crippen LogP contribution in [0.25, 0.3) is 0 Å². The van der Waals surface area contributed by atoms with Gasteiger partial charge in [0, 0.05) is 18.7 Å². The van der Waals surface area contributed by atoms with E-state index in [1.807, 2.05) is 6.92 Å². The summed E-state index contributed by atoms with van der Waals surface area (Å²) in [4.78, 5) is 12.0. The lowest BCUT2D eigenvalue weighted by molar-refractivity contribution is 0.101. The molecular weight excluding hydrogens is 250 g/mol. The van der Waals surface area contributed by atoms with Gasteiger partial charge in [-0.05, 0) is 25.8 Å². The highest BCUT2D eigenvalue weighted by molar-refractivity contribution is 7.15. The van der Waals surface area contributed by atoms with E-state index in [0.29, 0.717) is 23.3 Å². The number of aryl methyl sites for hydroxylation is 1. The summed E-state index contributed by atoms with van der Waals surface area (Å²) in [6.07, 6.45) is 3.99. The van der Waals surface area contributed by atoms with E-state index in [9.17, 15) is 4.79 Å². The fourth-order valence-electron chi connectivity index (χ4n) is 1.72. The summed E-state index contributed by atoms with van der Waals surface area (Å²) >= 11 is 1.46. The Morgan fingerprint density at radius 3 is 3.11 bits per heavy atom. The molecule has 0 atom stereocenters. The number of anilines is 1. The molecule has 1 saturated carbocycles. The van der Waals surface area contributed by atoms with Crippen molar-refractivity contribution in [3.05, 3.63) is 23.0 Å². The second-order valence-electron chi connectivity index (χ2n) is 4.21. The van der Waals surface area contributed by atoms with Crippen molar-refractivity contribution in [2.24, 2.45) is 0 Å². The van der Waals surface area contributed by atoms with E-state index in [4.69, 9.17) is 0 Å². The van der Waals surface area contributed by atoms with Gasteiger partial charge in [-0.1, -0.05) is 11.3 Å². The van der Waals surface area contributed by atoms with Gasteiger partial charge >= 0.3 is 0 Å². The molecule has 1 fully saturated rings. The molecule has 0 unspecified atom stereocenters. The zero-order valence-corrected chi connectivity index (χ0v) is 10.8. The topological polar surface area (TPSA) is 72.7 Å². The lowest BCUT2D eigenvalue weighted by Gasteiger charge is -2.03. The van der Waals surface area contributed by atoms with Crippen LogP contribution in [0.2, 0.25) is 0 Å². The van der Waals surface area contributed by atoms with Gasteiger partial charge < -0.3 is 0 Å². The average molecular weight is 263 g/mol. The molecule has 0 aliphatic heterocycles. The predicted molar refractivity (Wildman–Crippen MR) is 67.7 cm³/mol. The van der Waals surface area contributed by atoms with Crippen LogP contribution >= 0.6 is 11.3 Å². The molecule has 0 spiro atoms. The number of amides is 1. The normalized spacial score (nSPS) is 14.7. The Bertz CT molecular complexity index is 572. The van der Waals surface area contributed by atoms with Crippen LogP contribution in [-0.2, 0) is 6.54 Å². The van der Waals surface area contributed by atoms with Crippen molar-refractivity contribution in [2.45, 2.75) is 32.2 Å². The monoisotopic (exact) mass is 263 g/mol. The second-order valence-corrected chi connectivity index (χ2v) is 5.22. The fourth-order valence-corrected chi connectivity index (χ4v) is 2.63. The van der Waals surface area contributed by atoms with Crippen molar-refractivity contribution >= 4 is 22.4 Å². The summed E-state index contributed by atoms with van der Waals surface area (Å²) in [5, 5.41) is 16.5. The highest BCUT2D eigenvalue weighted by Gasteiger charge is 2.27. The van der Waals surface area contributed by atoms with Crippen LogP contribution < -0.4 is 5.32 Å². The standard InChI is InChI=1S/C11H13N5OS/c1-2-16-8(5-6-12-16)9(17)13-11-15-14-10(18-11)7-3-4-7/h5-7H,2-4H2,1H3,(H,13,15,17). The Kier molecular flexibility index (Phi) is 2.83.